The van der Waals surface area contributed by atoms with Gasteiger partial charge in [0.1, 0.15) is 0 Å². The number of sulfonamides is 1. The van der Waals surface area contributed by atoms with Gasteiger partial charge in [-0.25, -0.2) is 18.1 Å². The summed E-state index contributed by atoms with van der Waals surface area (Å²) in [5.41, 5.74) is 1.72. The van der Waals surface area contributed by atoms with Crippen LogP contribution in [-0.2, 0) is 23.2 Å². The number of alkyl halides is 3. The molecule has 0 aliphatic rings. The zero-order valence-electron chi connectivity index (χ0n) is 16.7. The molecule has 0 radical (unpaired) electrons. The maximum atomic E-state index is 12.9. The van der Waals surface area contributed by atoms with Gasteiger partial charge in [0.15, 0.2) is 0 Å². The zero-order chi connectivity index (χ0) is 22.4. The van der Waals surface area contributed by atoms with E-state index in [0.717, 1.165) is 12.1 Å². The third-order valence-electron chi connectivity index (χ3n) is 4.87. The van der Waals surface area contributed by atoms with Gasteiger partial charge in [0.25, 0.3) is 0 Å². The van der Waals surface area contributed by atoms with Crippen molar-refractivity contribution < 1.29 is 21.6 Å². The summed E-state index contributed by atoms with van der Waals surface area (Å²) in [6, 6.07) is 9.48. The zero-order valence-corrected chi connectivity index (χ0v) is 17.5. The van der Waals surface area contributed by atoms with Gasteiger partial charge in [0.2, 0.25) is 10.0 Å². The molecule has 10 heteroatoms. The molecule has 0 bridgehead atoms. The topological polar surface area (TPSA) is 68.9 Å². The van der Waals surface area contributed by atoms with Crippen LogP contribution in [0.3, 0.4) is 0 Å². The Balaban J connectivity index is 1.93. The average Bonchev–Trinajstić information content (AvgIpc) is 3.30. The highest BCUT2D eigenvalue weighted by molar-refractivity contribution is 7.89. The Hall–Kier alpha value is -3.11. The highest BCUT2D eigenvalue weighted by Crippen LogP contribution is 2.35. The number of imidazole rings is 1. The second kappa shape index (κ2) is 7.54. The monoisotopic (exact) mass is 448 g/mol. The van der Waals surface area contributed by atoms with Gasteiger partial charge in [0, 0.05) is 42.6 Å². The molecule has 1 N–H and O–H groups in total. The maximum Gasteiger partial charge on any atom is 0.416 e. The Morgan fingerprint density at radius 2 is 1.77 bits per heavy atom. The van der Waals surface area contributed by atoms with Crippen molar-refractivity contribution in [1.29, 1.82) is 0 Å². The van der Waals surface area contributed by atoms with Crippen molar-refractivity contribution in [2.24, 2.45) is 7.05 Å². The predicted molar refractivity (Wildman–Crippen MR) is 111 cm³/mol. The quantitative estimate of drug-likeness (QED) is 0.494. The van der Waals surface area contributed by atoms with Gasteiger partial charge in [0.05, 0.1) is 28.0 Å². The fourth-order valence-corrected chi connectivity index (χ4v) is 4.50. The number of rotatable bonds is 5. The maximum absolute atomic E-state index is 12.9. The molecule has 31 heavy (non-hydrogen) atoms. The summed E-state index contributed by atoms with van der Waals surface area (Å²) in [6.45, 7) is 1.94. The van der Waals surface area contributed by atoms with Gasteiger partial charge in [-0.15, -0.1) is 0 Å². The summed E-state index contributed by atoms with van der Waals surface area (Å²) in [7, 11) is -1.87. The summed E-state index contributed by atoms with van der Waals surface area (Å²) >= 11 is 0. The highest BCUT2D eigenvalue weighted by Gasteiger charge is 2.30. The number of halogens is 3. The van der Waals surface area contributed by atoms with Crippen LogP contribution in [0.25, 0.3) is 27.8 Å². The van der Waals surface area contributed by atoms with Crippen molar-refractivity contribution in [2.45, 2.75) is 18.0 Å². The fourth-order valence-electron chi connectivity index (χ4n) is 3.43. The second-order valence-electron chi connectivity index (χ2n) is 7.06. The van der Waals surface area contributed by atoms with Crippen molar-refractivity contribution in [3.8, 4) is 16.9 Å². The Labute approximate surface area is 177 Å². The Morgan fingerprint density at radius 1 is 1.06 bits per heavy atom. The Morgan fingerprint density at radius 3 is 2.35 bits per heavy atom. The molecule has 0 amide bonds. The summed E-state index contributed by atoms with van der Waals surface area (Å²) in [5.74, 6) is 0. The summed E-state index contributed by atoms with van der Waals surface area (Å²) in [6.07, 6.45) is 0.735. The molecule has 0 spiro atoms. The molecule has 162 valence electrons. The summed E-state index contributed by atoms with van der Waals surface area (Å²) < 4.78 is 69.8. The van der Waals surface area contributed by atoms with Crippen LogP contribution in [0.15, 0.2) is 66.1 Å². The molecule has 0 unspecified atom stereocenters. The van der Waals surface area contributed by atoms with Gasteiger partial charge >= 0.3 is 6.18 Å². The number of nitrogens with one attached hydrogen (secondary N) is 1. The van der Waals surface area contributed by atoms with Crippen molar-refractivity contribution >= 4 is 20.9 Å². The lowest BCUT2D eigenvalue weighted by molar-refractivity contribution is -0.137. The second-order valence-corrected chi connectivity index (χ2v) is 8.83. The third kappa shape index (κ3) is 3.96. The molecule has 0 saturated heterocycles. The summed E-state index contributed by atoms with van der Waals surface area (Å²) in [5, 5.41) is 0.623. The number of aryl methyl sites for hydroxylation is 1. The average molecular weight is 448 g/mol. The van der Waals surface area contributed by atoms with E-state index in [4.69, 9.17) is 0 Å². The third-order valence-corrected chi connectivity index (χ3v) is 6.42. The number of fused-ring (bicyclic) bond motifs is 1. The number of nitrogens with zero attached hydrogens (tertiary/aromatic N) is 3. The SMILES string of the molecule is CCNS(=O)(=O)c1ccc2c(c1)c(-c1cn(C)cn1)cn2-c1ccc(C(F)(F)F)cc1. The molecular weight excluding hydrogens is 429 g/mol. The van der Waals surface area contributed by atoms with Crippen LogP contribution < -0.4 is 4.72 Å². The van der Waals surface area contributed by atoms with Crippen LogP contribution in [0.2, 0.25) is 0 Å². The van der Waals surface area contributed by atoms with E-state index in [1.165, 1.54) is 18.2 Å². The fraction of sp³-hybridized carbons (Fsp3) is 0.190. The number of benzene rings is 2. The minimum Gasteiger partial charge on any atom is -0.340 e. The van der Waals surface area contributed by atoms with Crippen molar-refractivity contribution in [1.82, 2.24) is 18.8 Å². The van der Waals surface area contributed by atoms with Gasteiger partial charge in [-0.1, -0.05) is 6.92 Å². The number of hydrogen-bond acceptors (Lipinski definition) is 3. The standard InChI is InChI=1S/C21H19F3N4O2S/c1-3-26-31(29,30)16-8-9-20-17(10-16)18(19-12-27(2)13-25-19)11-28(20)15-6-4-14(5-7-15)21(22,23)24/h4-13,26H,3H2,1-2H3. The van der Waals surface area contributed by atoms with E-state index in [2.05, 4.69) is 9.71 Å². The first-order valence-electron chi connectivity index (χ1n) is 9.41. The molecule has 0 fully saturated rings. The van der Waals surface area contributed by atoms with Gasteiger partial charge in [-0.3, -0.25) is 0 Å². The minimum absolute atomic E-state index is 0.101. The molecule has 2 aromatic carbocycles. The van der Waals surface area contributed by atoms with Crippen LogP contribution in [0, 0.1) is 0 Å². The lowest BCUT2D eigenvalue weighted by Gasteiger charge is -2.10. The van der Waals surface area contributed by atoms with E-state index >= 15 is 0 Å². The van der Waals surface area contributed by atoms with Crippen molar-refractivity contribution in [2.75, 3.05) is 6.54 Å². The van der Waals surface area contributed by atoms with E-state index < -0.39 is 21.8 Å². The molecule has 2 heterocycles. The van der Waals surface area contributed by atoms with Crippen molar-refractivity contribution in [3.05, 3.63) is 66.7 Å². The minimum atomic E-state index is -4.42. The number of aromatic nitrogens is 3. The normalized spacial score (nSPS) is 12.5. The van der Waals surface area contributed by atoms with Crippen LogP contribution in [-0.4, -0.2) is 29.1 Å². The van der Waals surface area contributed by atoms with Crippen LogP contribution in [0.5, 0.6) is 0 Å². The van der Waals surface area contributed by atoms with E-state index in [9.17, 15) is 21.6 Å². The Bertz CT molecular complexity index is 1350. The summed E-state index contributed by atoms with van der Waals surface area (Å²) in [4.78, 5) is 4.45. The molecule has 6 nitrogen and oxygen atoms in total. The van der Waals surface area contributed by atoms with E-state index in [1.807, 2.05) is 7.05 Å². The lowest BCUT2D eigenvalue weighted by atomic mass is 10.1. The molecule has 2 aromatic heterocycles. The van der Waals surface area contributed by atoms with Crippen molar-refractivity contribution in [3.63, 3.8) is 0 Å². The van der Waals surface area contributed by atoms with E-state index in [0.29, 0.717) is 27.8 Å². The largest absolute Gasteiger partial charge is 0.416 e. The smallest absolute Gasteiger partial charge is 0.340 e. The van der Waals surface area contributed by atoms with Gasteiger partial charge in [-0.2, -0.15) is 13.2 Å². The molecule has 0 aliphatic carbocycles. The molecule has 0 atom stereocenters. The molecule has 4 aromatic rings. The lowest BCUT2D eigenvalue weighted by Crippen LogP contribution is -2.23. The predicted octanol–water partition coefficient (Wildman–Crippen LogP) is 4.35. The first kappa shape index (κ1) is 21.1. The Kier molecular flexibility index (Phi) is 5.14. The molecule has 0 saturated carbocycles. The highest BCUT2D eigenvalue weighted by atomic mass is 32.2. The van der Waals surface area contributed by atoms with E-state index in [1.54, 1.807) is 46.9 Å². The van der Waals surface area contributed by atoms with E-state index in [-0.39, 0.29) is 11.4 Å². The van der Waals surface area contributed by atoms with Gasteiger partial charge < -0.3 is 9.13 Å². The molecular formula is C21H19F3N4O2S. The van der Waals surface area contributed by atoms with Crippen LogP contribution >= 0.6 is 0 Å². The molecule has 0 aliphatic heterocycles. The molecule has 4 rings (SSSR count). The van der Waals surface area contributed by atoms with Crippen LogP contribution in [0.4, 0.5) is 13.2 Å². The first-order valence-corrected chi connectivity index (χ1v) is 10.9. The first-order chi connectivity index (χ1) is 14.6. The van der Waals surface area contributed by atoms with Gasteiger partial charge in [-0.05, 0) is 42.5 Å². The number of hydrogen-bond donors (Lipinski definition) is 1. The van der Waals surface area contributed by atoms with Crippen LogP contribution in [0.1, 0.15) is 12.5 Å².